The normalized spacial score (nSPS) is 13.4. The van der Waals surface area contributed by atoms with Gasteiger partial charge in [-0.25, -0.2) is 4.79 Å². The van der Waals surface area contributed by atoms with Gasteiger partial charge in [-0.05, 0) is 36.1 Å². The molecule has 11 heteroatoms. The van der Waals surface area contributed by atoms with Crippen LogP contribution in [-0.4, -0.2) is 71.6 Å². The first kappa shape index (κ1) is 26.7. The van der Waals surface area contributed by atoms with Crippen LogP contribution in [0.2, 0.25) is 0 Å². The summed E-state index contributed by atoms with van der Waals surface area (Å²) in [5.74, 6) is -0.0323. The molecule has 0 radical (unpaired) electrons. The number of carbonyl (C=O) groups is 3. The minimum absolute atomic E-state index is 0.0809. The third kappa shape index (κ3) is 5.18. The van der Waals surface area contributed by atoms with Gasteiger partial charge >= 0.3 is 6.03 Å². The van der Waals surface area contributed by atoms with E-state index in [1.165, 1.54) is 23.1 Å². The number of benzene rings is 2. The van der Waals surface area contributed by atoms with Gasteiger partial charge in [0, 0.05) is 36.9 Å². The number of imide groups is 1. The molecule has 4 N–H and O–H groups in total. The summed E-state index contributed by atoms with van der Waals surface area (Å²) >= 11 is 0. The Hall–Kier alpha value is -4.38. The number of aliphatic hydroxyl groups excluding tert-OH is 1. The molecule has 0 aliphatic carbocycles. The van der Waals surface area contributed by atoms with E-state index in [9.17, 15) is 19.5 Å². The zero-order valence-corrected chi connectivity index (χ0v) is 21.6. The minimum Gasteiger partial charge on any atom is -0.493 e. The van der Waals surface area contributed by atoms with Crippen LogP contribution in [0, 0.1) is 0 Å². The molecule has 0 saturated carbocycles. The average Bonchev–Trinajstić information content (AvgIpc) is 3.15. The molecule has 11 nitrogen and oxygen atoms in total. The smallest absolute Gasteiger partial charge is 0.326 e. The second kappa shape index (κ2) is 11.3. The van der Waals surface area contributed by atoms with Gasteiger partial charge in [-0.3, -0.25) is 19.5 Å². The van der Waals surface area contributed by atoms with Gasteiger partial charge in [0.2, 0.25) is 5.91 Å². The van der Waals surface area contributed by atoms with Crippen LogP contribution in [-0.2, 0) is 17.8 Å². The lowest BCUT2D eigenvalue weighted by atomic mass is 10.0. The molecule has 0 spiro atoms. The molecule has 200 valence electrons. The summed E-state index contributed by atoms with van der Waals surface area (Å²) in [7, 11) is 3.09. The Morgan fingerprint density at radius 2 is 2.03 bits per heavy atom. The number of nitrogens with two attached hydrogens (primary N) is 1. The number of urea groups is 1. The Balaban J connectivity index is 1.63. The summed E-state index contributed by atoms with van der Waals surface area (Å²) in [6.07, 6.45) is 2.51. The molecule has 0 unspecified atom stereocenters. The molecule has 1 aliphatic rings. The highest BCUT2D eigenvalue weighted by molar-refractivity contribution is 6.08. The summed E-state index contributed by atoms with van der Waals surface area (Å²) in [5.41, 5.74) is 9.33. The molecule has 4 rings (SSSR count). The molecular formula is C27H31N5O6. The number of fused-ring (bicyclic) bond motifs is 1. The number of rotatable bonds is 11. The van der Waals surface area contributed by atoms with E-state index in [1.807, 2.05) is 25.1 Å². The van der Waals surface area contributed by atoms with E-state index in [1.54, 1.807) is 19.2 Å². The molecule has 1 aromatic heterocycles. The maximum absolute atomic E-state index is 12.3. The first-order valence-corrected chi connectivity index (χ1v) is 12.3. The molecule has 4 amide bonds. The molecule has 1 saturated heterocycles. The molecule has 2 heterocycles. The fourth-order valence-electron chi connectivity index (χ4n) is 4.54. The predicted octanol–water partition coefficient (Wildman–Crippen LogP) is 2.80. The van der Waals surface area contributed by atoms with Crippen molar-refractivity contribution < 1.29 is 29.0 Å². The number of aromatic nitrogens is 1. The molecule has 0 atom stereocenters. The van der Waals surface area contributed by atoms with Crippen molar-refractivity contribution in [2.75, 3.05) is 39.2 Å². The number of nitrogens with zero attached hydrogens (tertiary/aromatic N) is 3. The lowest BCUT2D eigenvalue weighted by molar-refractivity contribution is -0.125. The summed E-state index contributed by atoms with van der Waals surface area (Å²) in [6, 6.07) is 8.66. The maximum atomic E-state index is 12.3. The largest absolute Gasteiger partial charge is 0.493 e. The highest BCUT2D eigenvalue weighted by atomic mass is 16.5. The first-order chi connectivity index (χ1) is 18.3. The average molecular weight is 522 g/mol. The summed E-state index contributed by atoms with van der Waals surface area (Å²) in [5, 5.41) is 13.7. The van der Waals surface area contributed by atoms with Crippen LogP contribution in [0.4, 0.5) is 16.2 Å². The third-order valence-corrected chi connectivity index (χ3v) is 6.49. The van der Waals surface area contributed by atoms with Crippen molar-refractivity contribution in [2.45, 2.75) is 26.4 Å². The van der Waals surface area contributed by atoms with Crippen LogP contribution >= 0.6 is 0 Å². The number of nitrogens with one attached hydrogen (secondary N) is 1. The van der Waals surface area contributed by atoms with Crippen molar-refractivity contribution in [1.82, 2.24) is 14.8 Å². The van der Waals surface area contributed by atoms with Crippen molar-refractivity contribution in [3.05, 3.63) is 53.2 Å². The zero-order chi connectivity index (χ0) is 27.4. The van der Waals surface area contributed by atoms with Gasteiger partial charge in [-0.15, -0.1) is 0 Å². The number of primary amides is 1. The molecule has 3 aromatic rings. The maximum Gasteiger partial charge on any atom is 0.326 e. The van der Waals surface area contributed by atoms with E-state index in [2.05, 4.69) is 10.3 Å². The van der Waals surface area contributed by atoms with Gasteiger partial charge in [0.1, 0.15) is 6.54 Å². The van der Waals surface area contributed by atoms with Gasteiger partial charge in [0.15, 0.2) is 11.5 Å². The SMILES string of the molecule is CCc1c(CO)cccc1Nc1c(C(N)=O)cnc2cc(OCCCN3C(=O)CN(C)C3=O)c(OC)cc12. The number of amides is 4. The monoisotopic (exact) mass is 521 g/mol. The number of pyridine rings is 1. The Bertz CT molecular complexity index is 1390. The fraction of sp³-hybridized carbons (Fsp3) is 0.333. The summed E-state index contributed by atoms with van der Waals surface area (Å²) in [6.45, 7) is 2.45. The zero-order valence-electron chi connectivity index (χ0n) is 21.6. The molecule has 2 aromatic carbocycles. The van der Waals surface area contributed by atoms with Crippen LogP contribution in [0.15, 0.2) is 36.5 Å². The predicted molar refractivity (Wildman–Crippen MR) is 142 cm³/mol. The topological polar surface area (TPSA) is 147 Å². The number of hydrogen-bond acceptors (Lipinski definition) is 8. The van der Waals surface area contributed by atoms with Gasteiger partial charge in [0.25, 0.3) is 5.91 Å². The van der Waals surface area contributed by atoms with E-state index in [0.29, 0.717) is 40.9 Å². The molecule has 0 bridgehead atoms. The lowest BCUT2D eigenvalue weighted by Gasteiger charge is -2.19. The number of ether oxygens (including phenoxy) is 2. The quantitative estimate of drug-likeness (QED) is 0.258. The van der Waals surface area contributed by atoms with E-state index in [4.69, 9.17) is 15.2 Å². The Labute approximate surface area is 220 Å². The van der Waals surface area contributed by atoms with Crippen molar-refractivity contribution in [3.63, 3.8) is 0 Å². The Morgan fingerprint density at radius 1 is 1.24 bits per heavy atom. The van der Waals surface area contributed by atoms with Gasteiger partial charge < -0.3 is 30.5 Å². The third-order valence-electron chi connectivity index (χ3n) is 6.49. The number of likely N-dealkylation sites (N-methyl/N-ethyl adjacent to an activating group) is 1. The van der Waals surface area contributed by atoms with Gasteiger partial charge in [-0.2, -0.15) is 0 Å². The van der Waals surface area contributed by atoms with Crippen molar-refractivity contribution in [3.8, 4) is 11.5 Å². The van der Waals surface area contributed by atoms with Crippen LogP contribution < -0.4 is 20.5 Å². The van der Waals surface area contributed by atoms with Gasteiger partial charge in [-0.1, -0.05) is 19.1 Å². The first-order valence-electron chi connectivity index (χ1n) is 12.3. The lowest BCUT2D eigenvalue weighted by Crippen LogP contribution is -2.33. The summed E-state index contributed by atoms with van der Waals surface area (Å²) < 4.78 is 11.5. The molecule has 38 heavy (non-hydrogen) atoms. The van der Waals surface area contributed by atoms with E-state index >= 15 is 0 Å². The standard InChI is InChI=1S/C27H31N5O6/c1-4-17-16(15-33)7-5-8-20(17)30-25-18-11-22(37-3)23(12-21(18)29-13-19(25)26(28)35)38-10-6-9-32-24(34)14-31(2)27(32)36/h5,7-8,11-13,33H,4,6,9-10,14-15H2,1-3H3,(H2,28,35)(H,29,30). The Morgan fingerprint density at radius 3 is 2.66 bits per heavy atom. The molecule has 1 fully saturated rings. The van der Waals surface area contributed by atoms with Crippen molar-refractivity contribution >= 4 is 40.1 Å². The number of methoxy groups -OCH3 is 1. The second-order valence-corrected chi connectivity index (χ2v) is 8.90. The number of aliphatic hydroxyl groups is 1. The summed E-state index contributed by atoms with van der Waals surface area (Å²) in [4.78, 5) is 43.3. The molecule has 1 aliphatic heterocycles. The van der Waals surface area contributed by atoms with E-state index < -0.39 is 5.91 Å². The molecular weight excluding hydrogens is 490 g/mol. The van der Waals surface area contributed by atoms with Crippen molar-refractivity contribution in [2.24, 2.45) is 5.73 Å². The van der Waals surface area contributed by atoms with Crippen molar-refractivity contribution in [1.29, 1.82) is 0 Å². The van der Waals surface area contributed by atoms with E-state index in [-0.39, 0.29) is 43.8 Å². The number of anilines is 2. The van der Waals surface area contributed by atoms with Crippen LogP contribution in [0.1, 0.15) is 34.8 Å². The Kier molecular flexibility index (Phi) is 7.96. The van der Waals surface area contributed by atoms with Crippen LogP contribution in [0.3, 0.4) is 0 Å². The van der Waals surface area contributed by atoms with Gasteiger partial charge in [0.05, 0.1) is 37.1 Å². The fourth-order valence-corrected chi connectivity index (χ4v) is 4.54. The van der Waals surface area contributed by atoms with E-state index in [0.717, 1.165) is 16.8 Å². The highest BCUT2D eigenvalue weighted by Gasteiger charge is 2.32. The highest BCUT2D eigenvalue weighted by Crippen LogP contribution is 2.38. The van der Waals surface area contributed by atoms with Crippen LogP contribution in [0.25, 0.3) is 10.9 Å². The minimum atomic E-state index is -0.644. The number of carbonyl (C=O) groups excluding carboxylic acids is 3. The number of hydrogen-bond donors (Lipinski definition) is 3. The van der Waals surface area contributed by atoms with Crippen LogP contribution in [0.5, 0.6) is 11.5 Å². The second-order valence-electron chi connectivity index (χ2n) is 8.90.